The number of carboxylic acid groups (broad SMARTS) is 1. The second-order valence-electron chi connectivity index (χ2n) is 12.4. The number of Topliss-reactive ketones (excluding diaryl/α,β-unsaturated/α-hetero) is 1. The summed E-state index contributed by atoms with van der Waals surface area (Å²) < 4.78 is 68.4. The first-order valence-electron chi connectivity index (χ1n) is 17.3. The molecule has 0 radical (unpaired) electrons. The third-order valence-corrected chi connectivity index (χ3v) is 8.83. The van der Waals surface area contributed by atoms with E-state index in [4.69, 9.17) is 20.3 Å². The fraction of sp³-hybridized carbons (Fsp3) is 0.282. The topological polar surface area (TPSA) is 146 Å². The lowest BCUT2D eigenvalue weighted by Crippen LogP contribution is -2.48. The van der Waals surface area contributed by atoms with Crippen LogP contribution in [0.25, 0.3) is 0 Å². The highest BCUT2D eigenvalue weighted by atomic mass is 19.1. The Balaban J connectivity index is 0.000000211. The van der Waals surface area contributed by atoms with Gasteiger partial charge in [0.2, 0.25) is 0 Å². The van der Waals surface area contributed by atoms with Crippen LogP contribution in [0.2, 0.25) is 0 Å². The standard InChI is InChI=1S/C20H21F2N3O3.C19H18F2N2O4/c21-17-10-14(19(26)12-23)11-18(22)16(17)13-25(15-4-2-1-3-5-15)20(27)24-6-8-28-9-7-24;20-16-10-13(18(24)25)11-17(21)15(16)12-23(14-4-2-1-3-5-14)19(26)22-6-8-27-9-7-22/h1-5,10-11H,6-9,12-13,23H2;1-5,10-11H,6-9,12H2,(H,24,25). The van der Waals surface area contributed by atoms with Crippen LogP contribution in [0.5, 0.6) is 0 Å². The van der Waals surface area contributed by atoms with Gasteiger partial charge in [0.25, 0.3) is 0 Å². The average Bonchev–Trinajstić information content (AvgIpc) is 3.21. The first kappa shape index (κ1) is 40.3. The highest BCUT2D eigenvalue weighted by molar-refractivity contribution is 5.97. The van der Waals surface area contributed by atoms with Crippen LogP contribution in [-0.2, 0) is 22.6 Å². The maximum atomic E-state index is 14.6. The van der Waals surface area contributed by atoms with Gasteiger partial charge in [-0.05, 0) is 48.5 Å². The number of halogens is 4. The number of hydrogen-bond acceptors (Lipinski definition) is 7. The molecule has 0 atom stereocenters. The van der Waals surface area contributed by atoms with Gasteiger partial charge in [-0.3, -0.25) is 14.6 Å². The molecule has 4 aromatic rings. The van der Waals surface area contributed by atoms with Gasteiger partial charge >= 0.3 is 18.0 Å². The number of carbonyl (C=O) groups excluding carboxylic acids is 3. The largest absolute Gasteiger partial charge is 0.478 e. The molecule has 2 aliphatic heterocycles. The number of rotatable bonds is 9. The summed E-state index contributed by atoms with van der Waals surface area (Å²) >= 11 is 0. The molecule has 3 N–H and O–H groups in total. The van der Waals surface area contributed by atoms with Crippen LogP contribution in [0.3, 0.4) is 0 Å². The first-order valence-corrected chi connectivity index (χ1v) is 17.3. The lowest BCUT2D eigenvalue weighted by Gasteiger charge is -2.33. The summed E-state index contributed by atoms with van der Waals surface area (Å²) in [5, 5.41) is 8.93. The zero-order valence-electron chi connectivity index (χ0n) is 29.6. The summed E-state index contributed by atoms with van der Waals surface area (Å²) in [5.74, 6) is -5.80. The van der Waals surface area contributed by atoms with Gasteiger partial charge in [-0.15, -0.1) is 0 Å². The maximum absolute atomic E-state index is 14.6. The molecule has 55 heavy (non-hydrogen) atoms. The third kappa shape index (κ3) is 10.2. The summed E-state index contributed by atoms with van der Waals surface area (Å²) in [6.07, 6.45) is 0. The van der Waals surface area contributed by atoms with Crippen molar-refractivity contribution >= 4 is 35.2 Å². The van der Waals surface area contributed by atoms with E-state index in [1.165, 1.54) is 9.80 Å². The van der Waals surface area contributed by atoms with Crippen molar-refractivity contribution in [3.8, 4) is 0 Å². The van der Waals surface area contributed by atoms with Gasteiger partial charge in [0.05, 0.1) is 51.6 Å². The van der Waals surface area contributed by atoms with E-state index in [0.29, 0.717) is 64.0 Å². The summed E-state index contributed by atoms with van der Waals surface area (Å²) in [6, 6.07) is 19.8. The van der Waals surface area contributed by atoms with Gasteiger partial charge in [0, 0.05) is 54.2 Å². The normalized spacial score (nSPS) is 14.1. The molecule has 0 saturated carbocycles. The van der Waals surface area contributed by atoms with Crippen LogP contribution in [0.15, 0.2) is 84.9 Å². The molecular formula is C39H39F4N5O7. The SMILES string of the molecule is NCC(=O)c1cc(F)c(CN(C(=O)N2CCOCC2)c2ccccc2)c(F)c1.O=C(O)c1cc(F)c(CN(C(=O)N2CCOCC2)c2ccccc2)c(F)c1. The van der Waals surface area contributed by atoms with Crippen molar-refractivity contribution < 1.29 is 51.3 Å². The van der Waals surface area contributed by atoms with E-state index >= 15 is 0 Å². The van der Waals surface area contributed by atoms with Gasteiger partial charge < -0.3 is 30.1 Å². The highest BCUT2D eigenvalue weighted by Crippen LogP contribution is 2.25. The molecule has 6 rings (SSSR count). The molecule has 12 nitrogen and oxygen atoms in total. The Morgan fingerprint density at radius 2 is 0.945 bits per heavy atom. The van der Waals surface area contributed by atoms with Crippen molar-refractivity contribution in [2.24, 2.45) is 5.73 Å². The molecule has 2 heterocycles. The van der Waals surface area contributed by atoms with E-state index in [1.807, 2.05) is 0 Å². The molecular weight excluding hydrogens is 726 g/mol. The van der Waals surface area contributed by atoms with Crippen LogP contribution in [0, 0.1) is 23.3 Å². The van der Waals surface area contributed by atoms with Crippen LogP contribution in [0.1, 0.15) is 31.8 Å². The number of aromatic carboxylic acids is 1. The Morgan fingerprint density at radius 1 is 0.600 bits per heavy atom. The van der Waals surface area contributed by atoms with E-state index in [-0.39, 0.29) is 42.4 Å². The van der Waals surface area contributed by atoms with E-state index in [1.54, 1.807) is 70.5 Å². The minimum absolute atomic E-state index is 0.132. The molecule has 2 fully saturated rings. The lowest BCUT2D eigenvalue weighted by molar-refractivity contribution is 0.0547. The summed E-state index contributed by atoms with van der Waals surface area (Å²) in [6.45, 7) is 2.15. The van der Waals surface area contributed by atoms with Gasteiger partial charge in [-0.2, -0.15) is 0 Å². The molecule has 0 spiro atoms. The summed E-state index contributed by atoms with van der Waals surface area (Å²) in [7, 11) is 0. The predicted octanol–water partition coefficient (Wildman–Crippen LogP) is 5.69. The number of nitrogens with zero attached hydrogens (tertiary/aromatic N) is 4. The zero-order chi connectivity index (χ0) is 39.5. The van der Waals surface area contributed by atoms with E-state index < -0.39 is 46.6 Å². The Morgan fingerprint density at radius 3 is 1.27 bits per heavy atom. The second kappa shape index (κ2) is 19.0. The molecule has 4 aromatic carbocycles. The van der Waals surface area contributed by atoms with Crippen molar-refractivity contribution in [1.29, 1.82) is 0 Å². The molecule has 0 aliphatic carbocycles. The summed E-state index contributed by atoms with van der Waals surface area (Å²) in [5.41, 5.74) is 4.97. The molecule has 2 aliphatic rings. The third-order valence-electron chi connectivity index (χ3n) is 8.83. The number of para-hydroxylation sites is 2. The number of nitrogens with two attached hydrogens (primary N) is 1. The van der Waals surface area contributed by atoms with Crippen LogP contribution in [0.4, 0.5) is 38.5 Å². The average molecular weight is 766 g/mol. The minimum Gasteiger partial charge on any atom is -0.478 e. The van der Waals surface area contributed by atoms with Crippen LogP contribution >= 0.6 is 0 Å². The monoisotopic (exact) mass is 765 g/mol. The predicted molar refractivity (Wildman–Crippen MR) is 194 cm³/mol. The number of hydrogen-bond donors (Lipinski definition) is 2. The smallest absolute Gasteiger partial charge is 0.335 e. The Labute approximate surface area is 314 Å². The number of urea groups is 2. The Bertz CT molecular complexity index is 1930. The van der Waals surface area contributed by atoms with Gasteiger partial charge in [0.15, 0.2) is 5.78 Å². The number of morpholine rings is 2. The Kier molecular flexibility index (Phi) is 13.9. The maximum Gasteiger partial charge on any atom is 0.335 e. The Hall–Kier alpha value is -5.84. The van der Waals surface area contributed by atoms with Gasteiger partial charge in [-0.1, -0.05) is 36.4 Å². The molecule has 16 heteroatoms. The quantitative estimate of drug-likeness (QED) is 0.164. The van der Waals surface area contributed by atoms with Gasteiger partial charge in [-0.25, -0.2) is 31.9 Å². The summed E-state index contributed by atoms with van der Waals surface area (Å²) in [4.78, 5) is 54.3. The minimum atomic E-state index is -1.43. The van der Waals surface area contributed by atoms with E-state index in [9.17, 15) is 36.7 Å². The van der Waals surface area contributed by atoms with Crippen molar-refractivity contribution in [3.63, 3.8) is 0 Å². The zero-order valence-corrected chi connectivity index (χ0v) is 29.6. The molecule has 4 amide bonds. The number of carboxylic acids is 1. The fourth-order valence-corrected chi connectivity index (χ4v) is 5.83. The number of ether oxygens (including phenoxy) is 2. The number of amides is 4. The van der Waals surface area contributed by atoms with Crippen molar-refractivity contribution in [2.45, 2.75) is 13.1 Å². The fourth-order valence-electron chi connectivity index (χ4n) is 5.83. The molecule has 0 aromatic heterocycles. The second-order valence-corrected chi connectivity index (χ2v) is 12.4. The highest BCUT2D eigenvalue weighted by Gasteiger charge is 2.28. The molecule has 2 saturated heterocycles. The number of ketones is 1. The van der Waals surface area contributed by atoms with Gasteiger partial charge in [0.1, 0.15) is 23.3 Å². The molecule has 290 valence electrons. The molecule has 0 bridgehead atoms. The van der Waals surface area contributed by atoms with E-state index in [2.05, 4.69) is 0 Å². The van der Waals surface area contributed by atoms with Crippen molar-refractivity contribution in [1.82, 2.24) is 9.80 Å². The molecule has 0 unspecified atom stereocenters. The first-order chi connectivity index (χ1) is 26.5. The van der Waals surface area contributed by atoms with E-state index in [0.717, 1.165) is 24.3 Å². The van der Waals surface area contributed by atoms with Crippen molar-refractivity contribution in [3.05, 3.63) is 130 Å². The number of anilines is 2. The number of carbonyl (C=O) groups is 4. The lowest BCUT2D eigenvalue weighted by atomic mass is 10.1. The number of benzene rings is 4. The van der Waals surface area contributed by atoms with Crippen LogP contribution < -0.4 is 15.5 Å². The van der Waals surface area contributed by atoms with Crippen molar-refractivity contribution in [2.75, 3.05) is 69.0 Å². The van der Waals surface area contributed by atoms with Crippen LogP contribution in [-0.4, -0.2) is 97.9 Å².